The van der Waals surface area contributed by atoms with Gasteiger partial charge in [-0.1, -0.05) is 36.4 Å². The van der Waals surface area contributed by atoms with Gasteiger partial charge in [0.05, 0.1) is 0 Å². The van der Waals surface area contributed by atoms with E-state index in [-0.39, 0.29) is 0 Å². The van der Waals surface area contributed by atoms with Gasteiger partial charge in [0.15, 0.2) is 5.11 Å². The maximum atomic E-state index is 5.50. The van der Waals surface area contributed by atoms with Crippen LogP contribution in [0.15, 0.2) is 54.6 Å². The lowest BCUT2D eigenvalue weighted by Crippen LogP contribution is -2.58. The highest BCUT2D eigenvalue weighted by atomic mass is 32.1. The Labute approximate surface area is 179 Å². The molecule has 4 aliphatic heterocycles. The van der Waals surface area contributed by atoms with Crippen LogP contribution in [0, 0.1) is 11.8 Å². The second-order valence-electron chi connectivity index (χ2n) is 8.72. The van der Waals surface area contributed by atoms with Crippen LogP contribution in [0.5, 0.6) is 0 Å². The molecule has 0 aliphatic carbocycles. The Morgan fingerprint density at radius 3 is 2.69 bits per heavy atom. The highest BCUT2D eigenvalue weighted by Gasteiger charge is 2.40. The molecule has 4 aliphatic rings. The minimum atomic E-state index is 0.603. The highest BCUT2D eigenvalue weighted by Crippen LogP contribution is 2.38. The van der Waals surface area contributed by atoms with Crippen molar-refractivity contribution in [2.24, 2.45) is 11.8 Å². The lowest BCUT2D eigenvalue weighted by atomic mass is 9.75. The largest absolute Gasteiger partial charge is 0.371 e. The third kappa shape index (κ3) is 4.12. The van der Waals surface area contributed by atoms with Crippen molar-refractivity contribution in [1.29, 1.82) is 0 Å². The number of fused-ring (bicyclic) bond motifs is 4. The van der Waals surface area contributed by atoms with Crippen LogP contribution in [-0.2, 0) is 6.42 Å². The molecular weight excluding hydrogens is 376 g/mol. The van der Waals surface area contributed by atoms with Gasteiger partial charge >= 0.3 is 0 Å². The Morgan fingerprint density at radius 1 is 1.03 bits per heavy atom. The van der Waals surface area contributed by atoms with E-state index in [0.29, 0.717) is 6.04 Å². The zero-order valence-electron chi connectivity index (χ0n) is 16.9. The number of hydrogen-bond acceptors (Lipinski definition) is 3. The summed E-state index contributed by atoms with van der Waals surface area (Å²) in [6.45, 7) is 5.81. The molecule has 2 N–H and O–H groups in total. The zero-order chi connectivity index (χ0) is 19.6. The average Bonchev–Trinajstić information content (AvgIpc) is 3.17. The van der Waals surface area contributed by atoms with Crippen molar-refractivity contribution in [2.45, 2.75) is 25.3 Å². The topological polar surface area (TPSA) is 30.5 Å². The third-order valence-electron chi connectivity index (χ3n) is 6.98. The normalized spacial score (nSPS) is 27.5. The summed E-state index contributed by atoms with van der Waals surface area (Å²) in [4.78, 5) is 5.33. The number of rotatable bonds is 5. The molecule has 0 amide bonds. The fourth-order valence-electron chi connectivity index (χ4n) is 5.46. The summed E-state index contributed by atoms with van der Waals surface area (Å²) in [7, 11) is 0. The van der Waals surface area contributed by atoms with Crippen LogP contribution in [0.3, 0.4) is 0 Å². The Bertz CT molecular complexity index is 855. The third-order valence-corrected chi connectivity index (χ3v) is 7.23. The van der Waals surface area contributed by atoms with E-state index < -0.39 is 0 Å². The fourth-order valence-corrected chi connectivity index (χ4v) is 5.66. The Morgan fingerprint density at radius 2 is 1.86 bits per heavy atom. The van der Waals surface area contributed by atoms with Gasteiger partial charge < -0.3 is 15.5 Å². The van der Waals surface area contributed by atoms with Gasteiger partial charge in [0.2, 0.25) is 0 Å². The number of piperidine rings is 3. The van der Waals surface area contributed by atoms with Gasteiger partial charge in [0, 0.05) is 43.6 Å². The van der Waals surface area contributed by atoms with Crippen LogP contribution < -0.4 is 15.5 Å². The first-order valence-corrected chi connectivity index (χ1v) is 11.3. The van der Waals surface area contributed by atoms with Gasteiger partial charge in [-0.15, -0.1) is 0 Å². The number of nitrogens with one attached hydrogen (secondary N) is 2. The summed E-state index contributed by atoms with van der Waals surface area (Å²) in [6.07, 6.45) is 3.85. The molecule has 4 unspecified atom stereocenters. The van der Waals surface area contributed by atoms with E-state index in [1.165, 1.54) is 56.7 Å². The van der Waals surface area contributed by atoms with Crippen molar-refractivity contribution in [3.05, 3.63) is 60.2 Å². The molecule has 29 heavy (non-hydrogen) atoms. The van der Waals surface area contributed by atoms with Crippen molar-refractivity contribution in [2.75, 3.05) is 42.9 Å². The number of benzene rings is 2. The van der Waals surface area contributed by atoms with Gasteiger partial charge in [-0.3, -0.25) is 4.90 Å². The molecule has 3 saturated heterocycles. The van der Waals surface area contributed by atoms with Crippen LogP contribution in [-0.4, -0.2) is 48.8 Å². The average molecular weight is 407 g/mol. The molecule has 4 heterocycles. The van der Waals surface area contributed by atoms with Crippen LogP contribution in [0.4, 0.5) is 11.4 Å². The molecule has 0 radical (unpaired) electrons. The van der Waals surface area contributed by atoms with E-state index in [9.17, 15) is 0 Å². The maximum Gasteiger partial charge on any atom is 0.170 e. The van der Waals surface area contributed by atoms with Gasteiger partial charge in [0.1, 0.15) is 0 Å². The van der Waals surface area contributed by atoms with Crippen LogP contribution >= 0.6 is 12.2 Å². The molecule has 4 atom stereocenters. The molecule has 2 aromatic carbocycles. The molecular formula is C24H30N4S. The quantitative estimate of drug-likeness (QED) is 0.739. The van der Waals surface area contributed by atoms with E-state index in [0.717, 1.165) is 29.2 Å². The second kappa shape index (κ2) is 8.33. The predicted octanol–water partition coefficient (Wildman–Crippen LogP) is 3.75. The summed E-state index contributed by atoms with van der Waals surface area (Å²) in [6, 6.07) is 19.7. The molecule has 0 spiro atoms. The summed E-state index contributed by atoms with van der Waals surface area (Å²) >= 11 is 5.50. The second-order valence-corrected chi connectivity index (χ2v) is 9.13. The van der Waals surface area contributed by atoms with Gasteiger partial charge in [-0.2, -0.15) is 0 Å². The van der Waals surface area contributed by atoms with Crippen molar-refractivity contribution in [1.82, 2.24) is 10.2 Å². The SMILES string of the molecule is S=C(NCC1CC2CCN1CC2CN1CCc2ccccc21)Nc1ccccc1. The molecule has 3 fully saturated rings. The number of nitrogens with zero attached hydrogens (tertiary/aromatic N) is 2. The molecule has 0 aromatic heterocycles. The molecule has 152 valence electrons. The molecule has 4 nitrogen and oxygen atoms in total. The van der Waals surface area contributed by atoms with E-state index in [1.54, 1.807) is 0 Å². The van der Waals surface area contributed by atoms with E-state index in [2.05, 4.69) is 44.7 Å². The first-order chi connectivity index (χ1) is 14.3. The molecule has 0 saturated carbocycles. The van der Waals surface area contributed by atoms with Crippen LogP contribution in [0.1, 0.15) is 18.4 Å². The summed E-state index contributed by atoms with van der Waals surface area (Å²) < 4.78 is 0. The Balaban J connectivity index is 1.13. The molecule has 2 bridgehead atoms. The van der Waals surface area contributed by atoms with Crippen LogP contribution in [0.2, 0.25) is 0 Å². The smallest absolute Gasteiger partial charge is 0.170 e. The van der Waals surface area contributed by atoms with E-state index >= 15 is 0 Å². The Hall–Kier alpha value is -2.11. The number of thiocarbonyl (C=S) groups is 1. The number of para-hydroxylation sites is 2. The molecule has 6 rings (SSSR count). The summed E-state index contributed by atoms with van der Waals surface area (Å²) in [5, 5.41) is 7.47. The predicted molar refractivity (Wildman–Crippen MR) is 125 cm³/mol. The van der Waals surface area contributed by atoms with Gasteiger partial charge in [0.25, 0.3) is 0 Å². The van der Waals surface area contributed by atoms with E-state index in [1.807, 2.05) is 30.3 Å². The van der Waals surface area contributed by atoms with Crippen molar-refractivity contribution < 1.29 is 0 Å². The minimum Gasteiger partial charge on any atom is -0.371 e. The molecule has 2 aromatic rings. The fraction of sp³-hybridized carbons (Fsp3) is 0.458. The van der Waals surface area contributed by atoms with Gasteiger partial charge in [-0.25, -0.2) is 0 Å². The number of hydrogen-bond donors (Lipinski definition) is 2. The Kier molecular flexibility index (Phi) is 5.42. The van der Waals surface area contributed by atoms with E-state index in [4.69, 9.17) is 12.2 Å². The first kappa shape index (κ1) is 18.9. The van der Waals surface area contributed by atoms with Crippen molar-refractivity contribution in [3.63, 3.8) is 0 Å². The molecule has 5 heteroatoms. The summed E-state index contributed by atoms with van der Waals surface area (Å²) in [5.74, 6) is 1.63. The monoisotopic (exact) mass is 406 g/mol. The van der Waals surface area contributed by atoms with Crippen molar-refractivity contribution in [3.8, 4) is 0 Å². The highest BCUT2D eigenvalue weighted by molar-refractivity contribution is 7.80. The van der Waals surface area contributed by atoms with Crippen LogP contribution in [0.25, 0.3) is 0 Å². The first-order valence-electron chi connectivity index (χ1n) is 10.9. The van der Waals surface area contributed by atoms with Crippen molar-refractivity contribution >= 4 is 28.7 Å². The standard InChI is InChI=1S/C24H30N4S/c29-24(26-21-7-2-1-3-8-21)25-15-22-14-19-11-12-27(22)16-20(19)17-28-13-10-18-6-4-5-9-23(18)28/h1-9,19-20,22H,10-17H2,(H2,25,26,29). The van der Waals surface area contributed by atoms with Gasteiger partial charge in [-0.05, 0) is 73.6 Å². The number of anilines is 2. The maximum absolute atomic E-state index is 5.50. The minimum absolute atomic E-state index is 0.603. The zero-order valence-corrected chi connectivity index (χ0v) is 17.7. The lowest BCUT2D eigenvalue weighted by Gasteiger charge is -2.51. The lowest BCUT2D eigenvalue weighted by molar-refractivity contribution is 0.00645. The summed E-state index contributed by atoms with van der Waals surface area (Å²) in [5.41, 5.74) is 4.04.